The van der Waals surface area contributed by atoms with E-state index in [4.69, 9.17) is 9.47 Å². The zero-order valence-electron chi connectivity index (χ0n) is 38.1. The first kappa shape index (κ1) is 45.5. The zero-order chi connectivity index (χ0) is 46.4. The molecule has 0 bridgehead atoms. The summed E-state index contributed by atoms with van der Waals surface area (Å²) >= 11 is 0. The van der Waals surface area contributed by atoms with Gasteiger partial charge in [-0.3, -0.25) is 19.8 Å². The van der Waals surface area contributed by atoms with Crippen LogP contribution in [0.4, 0.5) is 17.2 Å². The number of aliphatic hydroxyl groups is 1. The SMILES string of the molecule is CC(C)c1ccccc1[C@]1(C)COCCN1C1CC2(CCN(c3ccc(C(=O)NS(=O)(=O)c4cnc(NCC5CCC(C)(O)CC5)c([N+](=O)[O-])c4)c(Oc4cnc5[nH]ccc5c4)c3)CC2)C1. The highest BCUT2D eigenvalue weighted by molar-refractivity contribution is 7.90. The second-order valence-corrected chi connectivity index (χ2v) is 21.4. The van der Waals surface area contributed by atoms with Gasteiger partial charge in [0, 0.05) is 61.6 Å². The third kappa shape index (κ3) is 9.22. The van der Waals surface area contributed by atoms with Crippen molar-refractivity contribution in [1.29, 1.82) is 0 Å². The molecule has 1 spiro atoms. The summed E-state index contributed by atoms with van der Waals surface area (Å²) in [7, 11) is -4.64. The van der Waals surface area contributed by atoms with Crippen LogP contribution < -0.4 is 19.7 Å². The number of hydrogen-bond donors (Lipinski definition) is 4. The Kier molecular flexibility index (Phi) is 12.3. The molecular weight excluding hydrogens is 861 g/mol. The number of hydrogen-bond acceptors (Lipinski definition) is 13. The van der Waals surface area contributed by atoms with Crippen molar-refractivity contribution in [2.45, 2.75) is 107 Å². The van der Waals surface area contributed by atoms with E-state index in [9.17, 15) is 28.4 Å². The number of carbonyl (C=O) groups excluding carboxylic acids is 1. The molecule has 2 saturated heterocycles. The first-order valence-corrected chi connectivity index (χ1v) is 24.6. The highest BCUT2D eigenvalue weighted by Gasteiger charge is 2.52. The number of sulfonamides is 1. The monoisotopic (exact) mass is 920 g/mol. The largest absolute Gasteiger partial charge is 0.455 e. The predicted octanol–water partition coefficient (Wildman–Crippen LogP) is 8.25. The van der Waals surface area contributed by atoms with Gasteiger partial charge in [0.2, 0.25) is 5.82 Å². The molecule has 1 atom stereocenters. The van der Waals surface area contributed by atoms with Crippen LogP contribution in [0.5, 0.6) is 11.5 Å². The Morgan fingerprint density at radius 1 is 1.02 bits per heavy atom. The molecule has 9 rings (SSSR count). The normalized spacial score (nSPS) is 23.7. The molecular formula is C49H60N8O8S. The highest BCUT2D eigenvalue weighted by Crippen LogP contribution is 2.54. The minimum Gasteiger partial charge on any atom is -0.455 e. The molecule has 3 aromatic heterocycles. The van der Waals surface area contributed by atoms with Crippen LogP contribution in [-0.4, -0.2) is 95.2 Å². The summed E-state index contributed by atoms with van der Waals surface area (Å²) in [6.45, 7) is 12.9. The van der Waals surface area contributed by atoms with E-state index in [0.717, 1.165) is 88.1 Å². The number of benzene rings is 2. The minimum absolute atomic E-state index is 0.0494. The first-order chi connectivity index (χ1) is 31.5. The molecule has 1 amide bonds. The number of H-pyrrole nitrogens is 1. The molecule has 4 fully saturated rings. The van der Waals surface area contributed by atoms with E-state index in [1.165, 1.54) is 17.3 Å². The Bertz CT molecular complexity index is 2720. The molecule has 66 heavy (non-hydrogen) atoms. The van der Waals surface area contributed by atoms with Crippen LogP contribution in [0, 0.1) is 21.4 Å². The fraction of sp³-hybridized carbons (Fsp3) is 0.490. The Hall–Kier alpha value is -5.62. The highest BCUT2D eigenvalue weighted by atomic mass is 32.2. The van der Waals surface area contributed by atoms with E-state index in [-0.39, 0.29) is 34.0 Å². The average molecular weight is 921 g/mol. The smallest absolute Gasteiger partial charge is 0.312 e. The molecule has 0 unspecified atom stereocenters. The van der Waals surface area contributed by atoms with Crippen molar-refractivity contribution < 1.29 is 32.7 Å². The van der Waals surface area contributed by atoms with Crippen LogP contribution >= 0.6 is 0 Å². The van der Waals surface area contributed by atoms with Crippen LogP contribution in [0.25, 0.3) is 11.0 Å². The third-order valence-corrected chi connectivity index (χ3v) is 16.1. The minimum atomic E-state index is -4.64. The van der Waals surface area contributed by atoms with Crippen LogP contribution in [0.15, 0.2) is 84.1 Å². The molecule has 17 heteroatoms. The number of aromatic amines is 1. The van der Waals surface area contributed by atoms with Gasteiger partial charge < -0.3 is 29.8 Å². The van der Waals surface area contributed by atoms with Crippen LogP contribution in [0.1, 0.15) is 106 Å². The number of pyridine rings is 2. The van der Waals surface area contributed by atoms with Gasteiger partial charge in [-0.15, -0.1) is 0 Å². The number of amides is 1. The maximum Gasteiger partial charge on any atom is 0.312 e. The molecule has 350 valence electrons. The number of nitrogens with zero attached hydrogens (tertiary/aromatic N) is 5. The zero-order valence-corrected chi connectivity index (χ0v) is 38.9. The lowest BCUT2D eigenvalue weighted by molar-refractivity contribution is -0.384. The summed E-state index contributed by atoms with van der Waals surface area (Å²) < 4.78 is 42.0. The van der Waals surface area contributed by atoms with Crippen molar-refractivity contribution in [1.82, 2.24) is 24.6 Å². The molecule has 2 saturated carbocycles. The number of piperidine rings is 1. The van der Waals surface area contributed by atoms with E-state index in [1.54, 1.807) is 37.4 Å². The van der Waals surface area contributed by atoms with Gasteiger partial charge in [0.1, 0.15) is 22.0 Å². The summed E-state index contributed by atoms with van der Waals surface area (Å²) in [6.07, 6.45) is 11.3. The molecule has 4 aliphatic rings. The Morgan fingerprint density at radius 3 is 2.52 bits per heavy atom. The van der Waals surface area contributed by atoms with E-state index in [2.05, 4.69) is 79.8 Å². The van der Waals surface area contributed by atoms with Gasteiger partial charge in [0.25, 0.3) is 15.9 Å². The Labute approximate surface area is 385 Å². The van der Waals surface area contributed by atoms with Gasteiger partial charge >= 0.3 is 5.69 Å². The Balaban J connectivity index is 0.904. The lowest BCUT2D eigenvalue weighted by Gasteiger charge is -2.60. The fourth-order valence-corrected chi connectivity index (χ4v) is 11.7. The van der Waals surface area contributed by atoms with Gasteiger partial charge in [-0.1, -0.05) is 38.1 Å². The molecule has 2 aromatic carbocycles. The summed E-state index contributed by atoms with van der Waals surface area (Å²) in [4.78, 5) is 41.5. The number of carbonyl (C=O) groups is 1. The third-order valence-electron chi connectivity index (χ3n) is 14.8. The van der Waals surface area contributed by atoms with Gasteiger partial charge in [-0.25, -0.2) is 23.1 Å². The molecule has 5 heterocycles. The van der Waals surface area contributed by atoms with Gasteiger partial charge in [-0.2, -0.15) is 0 Å². The molecule has 2 aliphatic carbocycles. The van der Waals surface area contributed by atoms with Crippen molar-refractivity contribution in [3.05, 3.63) is 106 Å². The summed E-state index contributed by atoms with van der Waals surface area (Å²) in [6, 6.07) is 18.9. The maximum absolute atomic E-state index is 14.0. The van der Waals surface area contributed by atoms with Crippen molar-refractivity contribution in [3.63, 3.8) is 0 Å². The molecule has 5 aromatic rings. The van der Waals surface area contributed by atoms with Crippen molar-refractivity contribution in [2.24, 2.45) is 11.3 Å². The van der Waals surface area contributed by atoms with E-state index >= 15 is 0 Å². The fourth-order valence-electron chi connectivity index (χ4n) is 10.8. The second-order valence-electron chi connectivity index (χ2n) is 19.7. The van der Waals surface area contributed by atoms with E-state index < -0.39 is 37.0 Å². The number of nitro groups is 1. The van der Waals surface area contributed by atoms with Crippen molar-refractivity contribution in [2.75, 3.05) is 49.6 Å². The Morgan fingerprint density at radius 2 is 1.77 bits per heavy atom. The van der Waals surface area contributed by atoms with Gasteiger partial charge in [-0.05, 0) is 118 Å². The lowest BCUT2D eigenvalue weighted by atomic mass is 9.59. The maximum atomic E-state index is 14.0. The standard InChI is InChI=1S/C49H60N8O8S/c1-32(2)39-7-5-6-8-41(39)48(4)31-64-22-21-56(48)36-26-49(27-36)16-19-55(20-17-49)35-9-10-40(43(24-35)65-37-23-34-13-18-50-44(34)52-29-37)46(58)54-66(62,63)38-25-42(57(60)61)45(53-30-38)51-28-33-11-14-47(3,59)15-12-33/h5-10,13,18,23-25,29-30,32-33,36,59H,11-12,14-17,19-22,26-28,31H2,1-4H3,(H,50,52)(H,51,53)(H,54,58)/t33?,47?,48-/m0/s1. The van der Waals surface area contributed by atoms with Crippen LogP contribution in [0.2, 0.25) is 0 Å². The summed E-state index contributed by atoms with van der Waals surface area (Å²) in [5.74, 6) is -0.00446. The van der Waals surface area contributed by atoms with E-state index in [1.807, 2.05) is 6.07 Å². The number of ether oxygens (including phenoxy) is 2. The van der Waals surface area contributed by atoms with E-state index in [0.29, 0.717) is 49.3 Å². The average Bonchev–Trinajstić information content (AvgIpc) is 3.76. The number of fused-ring (bicyclic) bond motifs is 1. The lowest BCUT2D eigenvalue weighted by Crippen LogP contribution is -2.63. The predicted molar refractivity (Wildman–Crippen MR) is 252 cm³/mol. The molecule has 4 N–H and O–H groups in total. The summed E-state index contributed by atoms with van der Waals surface area (Å²) in [5, 5.41) is 26.2. The molecule has 2 aliphatic heterocycles. The first-order valence-electron chi connectivity index (χ1n) is 23.1. The molecule has 0 radical (unpaired) electrons. The number of aromatic nitrogens is 3. The topological polar surface area (TPSA) is 205 Å². The van der Waals surface area contributed by atoms with Crippen LogP contribution in [0.3, 0.4) is 0 Å². The number of morpholine rings is 1. The van der Waals surface area contributed by atoms with Gasteiger partial charge in [0.15, 0.2) is 0 Å². The second kappa shape index (κ2) is 17.9. The van der Waals surface area contributed by atoms with Gasteiger partial charge in [0.05, 0.1) is 47.2 Å². The van der Waals surface area contributed by atoms with Crippen molar-refractivity contribution in [3.8, 4) is 11.5 Å². The molecule has 16 nitrogen and oxygen atoms in total. The van der Waals surface area contributed by atoms with Crippen LogP contribution in [-0.2, 0) is 20.3 Å². The summed E-state index contributed by atoms with van der Waals surface area (Å²) in [5.41, 5.74) is 2.94. The number of rotatable bonds is 13. The quantitative estimate of drug-likeness (QED) is 0.0650. The number of anilines is 2. The number of nitrogens with one attached hydrogen (secondary N) is 3. The van der Waals surface area contributed by atoms with Crippen molar-refractivity contribution >= 4 is 44.2 Å².